The van der Waals surface area contributed by atoms with Gasteiger partial charge in [-0.3, -0.25) is 5.32 Å². The lowest BCUT2D eigenvalue weighted by atomic mass is 9.88. The number of nitrogens with zero attached hydrogens (tertiary/aromatic N) is 1. The van der Waals surface area contributed by atoms with E-state index in [4.69, 9.17) is 17.0 Å². The summed E-state index contributed by atoms with van der Waals surface area (Å²) in [5, 5.41) is 2.40. The largest absolute Gasteiger partial charge is 0.444 e. The van der Waals surface area contributed by atoms with Crippen molar-refractivity contribution in [2.45, 2.75) is 64.3 Å². The number of nitrogens with one attached hydrogen (secondary N) is 1. The zero-order valence-corrected chi connectivity index (χ0v) is 16.5. The second kappa shape index (κ2) is 6.92. The van der Waals surface area contributed by atoms with Crippen LogP contribution in [0.3, 0.4) is 0 Å². The fourth-order valence-electron chi connectivity index (χ4n) is 2.80. The molecule has 0 bridgehead atoms. The van der Waals surface area contributed by atoms with E-state index in [-0.39, 0.29) is 11.4 Å². The summed E-state index contributed by atoms with van der Waals surface area (Å²) in [5.74, 6) is -4.29. The number of amides is 1. The van der Waals surface area contributed by atoms with Gasteiger partial charge >= 0.3 is 6.09 Å². The van der Waals surface area contributed by atoms with Crippen molar-refractivity contribution >= 4 is 34.7 Å². The van der Waals surface area contributed by atoms with Crippen molar-refractivity contribution in [1.82, 2.24) is 0 Å². The van der Waals surface area contributed by atoms with Gasteiger partial charge in [-0.05, 0) is 52.8 Å². The van der Waals surface area contributed by atoms with Gasteiger partial charge in [0, 0.05) is 5.69 Å². The van der Waals surface area contributed by atoms with Crippen molar-refractivity contribution in [2.24, 2.45) is 0 Å². The molecule has 27 heavy (non-hydrogen) atoms. The summed E-state index contributed by atoms with van der Waals surface area (Å²) in [5.41, 5.74) is -3.48. The molecular weight excluding hydrogens is 384 g/mol. The van der Waals surface area contributed by atoms with Crippen LogP contribution in [0.4, 0.5) is 33.7 Å². The monoisotopic (exact) mass is 406 g/mol. The first-order valence-corrected chi connectivity index (χ1v) is 8.75. The number of carbonyl (C=O) groups excluding carboxylic acids is 1. The van der Waals surface area contributed by atoms with Crippen LogP contribution < -0.4 is 10.2 Å². The molecule has 0 unspecified atom stereocenters. The number of piperidine rings is 1. The topological polar surface area (TPSA) is 41.6 Å². The summed E-state index contributed by atoms with van der Waals surface area (Å²) in [4.78, 5) is 12.2. The molecule has 1 fully saturated rings. The molecule has 0 saturated carbocycles. The molecule has 2 rings (SSSR count). The van der Waals surface area contributed by atoms with Crippen molar-refractivity contribution in [1.29, 1.82) is 0 Å². The Bertz CT molecular complexity index is 762. The van der Waals surface area contributed by atoms with Crippen LogP contribution in [0.15, 0.2) is 18.2 Å². The number of benzene rings is 1. The summed E-state index contributed by atoms with van der Waals surface area (Å²) in [6.45, 7) is 7.10. The van der Waals surface area contributed by atoms with E-state index in [9.17, 15) is 22.4 Å². The Hall–Kier alpha value is -1.90. The van der Waals surface area contributed by atoms with Gasteiger partial charge < -0.3 is 9.64 Å². The molecule has 0 aliphatic carbocycles. The number of halogens is 4. The van der Waals surface area contributed by atoms with Gasteiger partial charge in [0.15, 0.2) is 5.67 Å². The fourth-order valence-corrected chi connectivity index (χ4v) is 3.13. The predicted molar refractivity (Wildman–Crippen MR) is 99.9 cm³/mol. The van der Waals surface area contributed by atoms with Crippen molar-refractivity contribution in [2.75, 3.05) is 10.2 Å². The molecule has 1 aliphatic heterocycles. The van der Waals surface area contributed by atoms with E-state index in [0.717, 1.165) is 30.9 Å². The molecule has 1 amide bonds. The van der Waals surface area contributed by atoms with E-state index >= 15 is 0 Å². The Labute approximate surface area is 160 Å². The van der Waals surface area contributed by atoms with E-state index in [1.54, 1.807) is 20.8 Å². The maximum absolute atomic E-state index is 14.6. The third-order valence-corrected chi connectivity index (χ3v) is 4.70. The van der Waals surface area contributed by atoms with E-state index < -0.39 is 46.6 Å². The Morgan fingerprint density at radius 1 is 1.33 bits per heavy atom. The molecule has 1 heterocycles. The minimum absolute atomic E-state index is 0.102. The average Bonchev–Trinajstić information content (AvgIpc) is 2.46. The Morgan fingerprint density at radius 3 is 2.48 bits per heavy atom. The minimum atomic E-state index is -3.42. The van der Waals surface area contributed by atoms with E-state index in [2.05, 4.69) is 5.32 Å². The summed E-state index contributed by atoms with van der Waals surface area (Å²) < 4.78 is 62.7. The molecular formula is C18H22F4N2O2S. The molecule has 2 atom stereocenters. The summed E-state index contributed by atoms with van der Waals surface area (Å²) in [6, 6.07) is 1.80. The Morgan fingerprint density at radius 2 is 1.93 bits per heavy atom. The van der Waals surface area contributed by atoms with Crippen LogP contribution in [0.2, 0.25) is 0 Å². The Balaban J connectivity index is 2.39. The van der Waals surface area contributed by atoms with Gasteiger partial charge in [0.25, 0.3) is 5.92 Å². The summed E-state index contributed by atoms with van der Waals surface area (Å²) in [6.07, 6.45) is -1.87. The van der Waals surface area contributed by atoms with Crippen LogP contribution in [0.1, 0.15) is 41.0 Å². The van der Waals surface area contributed by atoms with Crippen molar-refractivity contribution in [3.05, 3.63) is 24.0 Å². The van der Waals surface area contributed by atoms with Crippen LogP contribution in [-0.2, 0) is 4.74 Å². The number of carbonyl (C=O) groups is 1. The van der Waals surface area contributed by atoms with E-state index in [0.29, 0.717) is 0 Å². The van der Waals surface area contributed by atoms with Crippen molar-refractivity contribution in [3.63, 3.8) is 0 Å². The van der Waals surface area contributed by atoms with Gasteiger partial charge in [-0.15, -0.1) is 0 Å². The maximum Gasteiger partial charge on any atom is 0.412 e. The Kier molecular flexibility index (Phi) is 5.49. The van der Waals surface area contributed by atoms with Crippen LogP contribution in [0, 0.1) is 5.82 Å². The average molecular weight is 406 g/mol. The molecule has 4 nitrogen and oxygen atoms in total. The highest BCUT2D eigenvalue weighted by molar-refractivity contribution is 7.80. The molecule has 1 N–H and O–H groups in total. The molecule has 9 heteroatoms. The molecule has 0 aromatic heterocycles. The predicted octanol–water partition coefficient (Wildman–Crippen LogP) is 5.46. The third kappa shape index (κ3) is 4.69. The van der Waals surface area contributed by atoms with Crippen molar-refractivity contribution < 1.29 is 27.1 Å². The first-order chi connectivity index (χ1) is 12.1. The zero-order valence-electron chi connectivity index (χ0n) is 15.7. The van der Waals surface area contributed by atoms with Crippen LogP contribution >= 0.6 is 12.2 Å². The number of hydrogen-bond acceptors (Lipinski definition) is 3. The molecule has 0 spiro atoms. The fraction of sp³-hybridized carbons (Fsp3) is 0.556. The van der Waals surface area contributed by atoms with E-state index in [1.165, 1.54) is 6.07 Å². The second-order valence-electron chi connectivity index (χ2n) is 7.78. The van der Waals surface area contributed by atoms with Crippen LogP contribution in [0.25, 0.3) is 0 Å². The number of hydrogen-bond donors (Lipinski definition) is 1. The SMILES string of the molecule is C[C@H]1N(c2cc(NC(=O)OC(C)(C)C)ccc2F)C(=S)[C@](C)(F)CC1(F)F. The van der Waals surface area contributed by atoms with E-state index in [1.807, 2.05) is 0 Å². The van der Waals surface area contributed by atoms with Gasteiger partial charge in [0.1, 0.15) is 16.4 Å². The van der Waals surface area contributed by atoms with Gasteiger partial charge in [-0.25, -0.2) is 22.4 Å². The first kappa shape index (κ1) is 21.4. The molecule has 0 radical (unpaired) electrons. The molecule has 1 aromatic carbocycles. The highest BCUT2D eigenvalue weighted by atomic mass is 32.1. The zero-order chi connectivity index (χ0) is 20.8. The number of thiocarbonyl (C=S) groups is 1. The summed E-state index contributed by atoms with van der Waals surface area (Å²) >= 11 is 5.03. The number of rotatable bonds is 2. The molecule has 150 valence electrons. The maximum atomic E-state index is 14.6. The van der Waals surface area contributed by atoms with Gasteiger partial charge in [0.2, 0.25) is 0 Å². The summed E-state index contributed by atoms with van der Waals surface area (Å²) in [7, 11) is 0. The highest BCUT2D eigenvalue weighted by Gasteiger charge is 2.56. The first-order valence-electron chi connectivity index (χ1n) is 8.34. The smallest absolute Gasteiger partial charge is 0.412 e. The molecule has 1 aliphatic rings. The number of anilines is 2. The highest BCUT2D eigenvalue weighted by Crippen LogP contribution is 2.44. The third-order valence-electron chi connectivity index (χ3n) is 4.08. The lowest BCUT2D eigenvalue weighted by molar-refractivity contribution is -0.0624. The normalized spacial score (nSPS) is 25.3. The molecule has 1 aromatic rings. The van der Waals surface area contributed by atoms with Crippen LogP contribution in [-0.4, -0.2) is 34.3 Å². The quantitative estimate of drug-likeness (QED) is 0.523. The number of alkyl halides is 3. The second-order valence-corrected chi connectivity index (χ2v) is 8.17. The standard InChI is InChI=1S/C18H22F4N2O2S/c1-10-18(21,22)9-17(5,20)14(27)24(10)13-8-11(6-7-12(13)19)23-15(25)26-16(2,3)4/h6-8,10H,9H2,1-5H3,(H,23,25)/t10-,17-/m1/s1. The van der Waals surface area contributed by atoms with Crippen LogP contribution in [0.5, 0.6) is 0 Å². The van der Waals surface area contributed by atoms with Gasteiger partial charge in [-0.2, -0.15) is 0 Å². The van der Waals surface area contributed by atoms with Gasteiger partial charge in [0.05, 0.1) is 18.2 Å². The lowest BCUT2D eigenvalue weighted by Crippen LogP contribution is -2.62. The number of ether oxygens (including phenoxy) is 1. The molecule has 1 saturated heterocycles. The van der Waals surface area contributed by atoms with Crippen molar-refractivity contribution in [3.8, 4) is 0 Å². The minimum Gasteiger partial charge on any atom is -0.444 e. The van der Waals surface area contributed by atoms with Gasteiger partial charge in [-0.1, -0.05) is 12.2 Å². The lowest BCUT2D eigenvalue weighted by Gasteiger charge is -2.46.